The molecule has 0 bridgehead atoms. The predicted octanol–water partition coefficient (Wildman–Crippen LogP) is 1.41. The van der Waals surface area contributed by atoms with Gasteiger partial charge in [-0.05, 0) is 13.0 Å². The maximum atomic E-state index is 4.43. The predicted molar refractivity (Wildman–Crippen MR) is 54.2 cm³/mol. The average Bonchev–Trinajstić information content (AvgIpc) is 2.30. The van der Waals surface area contributed by atoms with Crippen molar-refractivity contribution in [2.45, 2.75) is 19.1 Å². The molecular formula is C7H8IN3. The molecule has 0 saturated heterocycles. The number of dihydropyridines is 1. The second-order valence-corrected chi connectivity index (χ2v) is 3.61. The standard InChI is InChI=1S/C7H8IN3/c1-5-10-6-3-2-4-9-7(6)11(5)8/h2-4,6-7H,1H3. The molecule has 0 N–H and O–H groups in total. The molecule has 0 spiro atoms. The van der Waals surface area contributed by atoms with Crippen LogP contribution in [0.25, 0.3) is 0 Å². The molecular weight excluding hydrogens is 253 g/mol. The molecule has 3 nitrogen and oxygen atoms in total. The van der Waals surface area contributed by atoms with Crippen LogP contribution >= 0.6 is 22.9 Å². The third-order valence-corrected chi connectivity index (χ3v) is 3.08. The Morgan fingerprint density at radius 2 is 2.45 bits per heavy atom. The van der Waals surface area contributed by atoms with Crippen LogP contribution in [0.3, 0.4) is 0 Å². The van der Waals surface area contributed by atoms with E-state index in [4.69, 9.17) is 0 Å². The topological polar surface area (TPSA) is 28.0 Å². The Balaban J connectivity index is 2.29. The largest absolute Gasteiger partial charge is 0.277 e. The molecule has 2 aliphatic heterocycles. The van der Waals surface area contributed by atoms with Gasteiger partial charge in [-0.2, -0.15) is 0 Å². The summed E-state index contributed by atoms with van der Waals surface area (Å²) in [5.41, 5.74) is 0. The van der Waals surface area contributed by atoms with Gasteiger partial charge in [0.05, 0.1) is 22.9 Å². The fourth-order valence-electron chi connectivity index (χ4n) is 1.25. The van der Waals surface area contributed by atoms with Crippen LogP contribution in [0.1, 0.15) is 6.92 Å². The van der Waals surface area contributed by atoms with Crippen molar-refractivity contribution in [3.63, 3.8) is 0 Å². The van der Waals surface area contributed by atoms with Crippen LogP contribution in [0.4, 0.5) is 0 Å². The van der Waals surface area contributed by atoms with Gasteiger partial charge in [-0.25, -0.2) is 0 Å². The smallest absolute Gasteiger partial charge is 0.156 e. The van der Waals surface area contributed by atoms with Crippen LogP contribution in [0.2, 0.25) is 0 Å². The first-order chi connectivity index (χ1) is 5.29. The number of rotatable bonds is 0. The Hall–Kier alpha value is -0.390. The van der Waals surface area contributed by atoms with Gasteiger partial charge in [-0.15, -0.1) is 0 Å². The quantitative estimate of drug-likeness (QED) is 0.478. The van der Waals surface area contributed by atoms with Gasteiger partial charge in [0.15, 0.2) is 6.17 Å². The Bertz CT molecular complexity index is 256. The van der Waals surface area contributed by atoms with Crippen molar-refractivity contribution in [2.24, 2.45) is 9.98 Å². The molecule has 2 atom stereocenters. The summed E-state index contributed by atoms with van der Waals surface area (Å²) in [7, 11) is 0. The molecule has 0 saturated carbocycles. The lowest BCUT2D eigenvalue weighted by atomic mass is 10.2. The number of hydrogen-bond donors (Lipinski definition) is 0. The van der Waals surface area contributed by atoms with Crippen LogP contribution in [-0.2, 0) is 0 Å². The number of halogens is 1. The Morgan fingerprint density at radius 1 is 1.64 bits per heavy atom. The second kappa shape index (κ2) is 2.58. The molecule has 0 aromatic heterocycles. The SMILES string of the molecule is CC1=NC2C=CC=NC2N1I. The number of amidine groups is 1. The van der Waals surface area contributed by atoms with Gasteiger partial charge in [0.2, 0.25) is 0 Å². The lowest BCUT2D eigenvalue weighted by Crippen LogP contribution is -2.30. The molecule has 2 heterocycles. The number of fused-ring (bicyclic) bond motifs is 1. The van der Waals surface area contributed by atoms with Crippen molar-refractivity contribution in [3.05, 3.63) is 12.2 Å². The summed E-state index contributed by atoms with van der Waals surface area (Å²) < 4.78 is 2.07. The minimum atomic E-state index is 0.209. The first-order valence-electron chi connectivity index (χ1n) is 3.48. The van der Waals surface area contributed by atoms with Gasteiger partial charge in [0.1, 0.15) is 11.9 Å². The monoisotopic (exact) mass is 261 g/mol. The second-order valence-electron chi connectivity index (χ2n) is 2.57. The molecule has 2 aliphatic rings. The van der Waals surface area contributed by atoms with Gasteiger partial charge in [-0.1, -0.05) is 6.08 Å². The summed E-state index contributed by atoms with van der Waals surface area (Å²) in [6, 6.07) is 0.247. The highest BCUT2D eigenvalue weighted by Gasteiger charge is 2.31. The van der Waals surface area contributed by atoms with Gasteiger partial charge < -0.3 is 0 Å². The Morgan fingerprint density at radius 3 is 3.18 bits per heavy atom. The van der Waals surface area contributed by atoms with E-state index in [0.717, 1.165) is 5.84 Å². The van der Waals surface area contributed by atoms with E-state index in [0.29, 0.717) is 0 Å². The van der Waals surface area contributed by atoms with Gasteiger partial charge in [0, 0.05) is 6.21 Å². The molecule has 0 aliphatic carbocycles. The van der Waals surface area contributed by atoms with Crippen molar-refractivity contribution < 1.29 is 0 Å². The van der Waals surface area contributed by atoms with E-state index < -0.39 is 0 Å². The molecule has 11 heavy (non-hydrogen) atoms. The van der Waals surface area contributed by atoms with Gasteiger partial charge in [0.25, 0.3) is 0 Å². The molecule has 0 radical (unpaired) electrons. The molecule has 58 valence electrons. The fourth-order valence-corrected chi connectivity index (χ4v) is 1.85. The van der Waals surface area contributed by atoms with Crippen LogP contribution < -0.4 is 0 Å². The molecule has 0 fully saturated rings. The van der Waals surface area contributed by atoms with Crippen LogP contribution in [0.5, 0.6) is 0 Å². The zero-order valence-electron chi connectivity index (χ0n) is 6.11. The van der Waals surface area contributed by atoms with Crippen LogP contribution in [0.15, 0.2) is 22.1 Å². The van der Waals surface area contributed by atoms with Crippen molar-refractivity contribution >= 4 is 34.9 Å². The molecule has 4 heteroatoms. The summed E-state index contributed by atoms with van der Waals surface area (Å²) in [6.07, 6.45) is 6.08. The van der Waals surface area contributed by atoms with E-state index >= 15 is 0 Å². The zero-order chi connectivity index (χ0) is 7.84. The van der Waals surface area contributed by atoms with E-state index in [1.54, 1.807) is 0 Å². The van der Waals surface area contributed by atoms with E-state index in [1.807, 2.05) is 19.2 Å². The van der Waals surface area contributed by atoms with E-state index in [2.05, 4.69) is 42.0 Å². The molecule has 2 unspecified atom stereocenters. The normalized spacial score (nSPS) is 34.0. The van der Waals surface area contributed by atoms with Crippen molar-refractivity contribution in [1.29, 1.82) is 0 Å². The van der Waals surface area contributed by atoms with Crippen LogP contribution in [0, 0.1) is 0 Å². The van der Waals surface area contributed by atoms with E-state index in [9.17, 15) is 0 Å². The average molecular weight is 261 g/mol. The Labute approximate surface area is 79.4 Å². The van der Waals surface area contributed by atoms with Crippen molar-refractivity contribution in [2.75, 3.05) is 0 Å². The summed E-state index contributed by atoms with van der Waals surface area (Å²) in [5, 5.41) is 0. The van der Waals surface area contributed by atoms with Crippen LogP contribution in [-0.4, -0.2) is 27.4 Å². The van der Waals surface area contributed by atoms with Gasteiger partial charge in [-0.3, -0.25) is 13.1 Å². The zero-order valence-corrected chi connectivity index (χ0v) is 8.26. The van der Waals surface area contributed by atoms with Gasteiger partial charge >= 0.3 is 0 Å². The molecule has 0 aromatic carbocycles. The van der Waals surface area contributed by atoms with E-state index in [-0.39, 0.29) is 12.2 Å². The molecule has 2 rings (SSSR count). The summed E-state index contributed by atoms with van der Waals surface area (Å²) in [6.45, 7) is 2.01. The highest BCUT2D eigenvalue weighted by molar-refractivity contribution is 14.1. The number of hydrogen-bond acceptors (Lipinski definition) is 3. The summed E-state index contributed by atoms with van der Waals surface area (Å²) in [5.74, 6) is 1.06. The Kier molecular flexibility index (Phi) is 1.71. The fraction of sp³-hybridized carbons (Fsp3) is 0.429. The number of aliphatic imine (C=N–C) groups is 2. The third kappa shape index (κ3) is 1.09. The van der Waals surface area contributed by atoms with Crippen molar-refractivity contribution in [1.82, 2.24) is 3.11 Å². The molecule has 0 aromatic rings. The minimum absolute atomic E-state index is 0.209. The molecule has 0 amide bonds. The maximum Gasteiger partial charge on any atom is 0.156 e. The summed E-state index contributed by atoms with van der Waals surface area (Å²) >= 11 is 2.25. The third-order valence-electron chi connectivity index (χ3n) is 1.82. The summed E-state index contributed by atoms with van der Waals surface area (Å²) in [4.78, 5) is 8.74. The number of allylic oxidation sites excluding steroid dienone is 1. The first kappa shape index (κ1) is 7.27. The van der Waals surface area contributed by atoms with E-state index in [1.165, 1.54) is 0 Å². The minimum Gasteiger partial charge on any atom is -0.277 e. The first-order valence-corrected chi connectivity index (χ1v) is 4.45. The lowest BCUT2D eigenvalue weighted by Gasteiger charge is -2.19. The number of nitrogens with zero attached hydrogens (tertiary/aromatic N) is 3. The van der Waals surface area contributed by atoms with Crippen molar-refractivity contribution in [3.8, 4) is 0 Å². The maximum absolute atomic E-state index is 4.43. The lowest BCUT2D eigenvalue weighted by molar-refractivity contribution is 0.517. The highest BCUT2D eigenvalue weighted by Crippen LogP contribution is 2.24. The highest BCUT2D eigenvalue weighted by atomic mass is 127.